The number of fused-ring (bicyclic) bond motifs is 1. The molecule has 2 rings (SSSR count). The highest BCUT2D eigenvalue weighted by Crippen LogP contribution is 2.24. The Morgan fingerprint density at radius 1 is 1.50 bits per heavy atom. The molecule has 1 aliphatic carbocycles. The van der Waals surface area contributed by atoms with Crippen molar-refractivity contribution in [3.05, 3.63) is 35.4 Å². The van der Waals surface area contributed by atoms with Crippen LogP contribution in [0, 0.1) is 0 Å². The van der Waals surface area contributed by atoms with E-state index < -0.39 is 5.97 Å². The molecule has 0 aliphatic heterocycles. The molecule has 3 nitrogen and oxygen atoms in total. The van der Waals surface area contributed by atoms with Crippen LogP contribution in [0.25, 0.3) is 6.08 Å². The van der Waals surface area contributed by atoms with Gasteiger partial charge in [0.1, 0.15) is 5.75 Å². The first-order chi connectivity index (χ1) is 6.75. The quantitative estimate of drug-likeness (QED) is 0.789. The van der Waals surface area contributed by atoms with Gasteiger partial charge < -0.3 is 9.84 Å². The molecule has 1 aromatic rings. The second kappa shape index (κ2) is 3.54. The average molecular weight is 190 g/mol. The van der Waals surface area contributed by atoms with Gasteiger partial charge in [-0.05, 0) is 29.7 Å². The minimum atomic E-state index is -0.957. The van der Waals surface area contributed by atoms with Crippen molar-refractivity contribution in [2.45, 2.75) is 6.42 Å². The Morgan fingerprint density at radius 3 is 3.14 bits per heavy atom. The number of hydrogen-bond donors (Lipinski definition) is 1. The Morgan fingerprint density at radius 2 is 2.36 bits per heavy atom. The molecular formula is C11H10O3. The van der Waals surface area contributed by atoms with Crippen LogP contribution in [0.5, 0.6) is 5.75 Å². The Hall–Kier alpha value is -1.77. The predicted octanol–water partition coefficient (Wildman–Crippen LogP) is 1.72. The third-order valence-electron chi connectivity index (χ3n) is 2.11. The standard InChI is InChI=1S/C11H10O3/c12-11(13)7-14-10-5-4-8-2-1-3-9(8)6-10/h1,3-6H,2,7H2,(H,12,13). The molecule has 1 aromatic carbocycles. The second-order valence-electron chi connectivity index (χ2n) is 3.15. The molecule has 1 N–H and O–H groups in total. The number of rotatable bonds is 3. The highest BCUT2D eigenvalue weighted by molar-refractivity contribution is 5.68. The molecule has 0 saturated carbocycles. The van der Waals surface area contributed by atoms with E-state index in [0.717, 1.165) is 12.0 Å². The van der Waals surface area contributed by atoms with E-state index in [1.807, 2.05) is 18.2 Å². The normalized spacial score (nSPS) is 12.6. The van der Waals surface area contributed by atoms with Gasteiger partial charge in [0.2, 0.25) is 0 Å². The van der Waals surface area contributed by atoms with E-state index in [2.05, 4.69) is 6.08 Å². The molecule has 72 valence electrons. The number of ether oxygens (including phenoxy) is 1. The summed E-state index contributed by atoms with van der Waals surface area (Å²) in [6, 6.07) is 5.63. The van der Waals surface area contributed by atoms with Crippen LogP contribution in [-0.4, -0.2) is 17.7 Å². The number of aliphatic carboxylic acids is 1. The van der Waals surface area contributed by atoms with Crippen molar-refractivity contribution in [1.82, 2.24) is 0 Å². The number of benzene rings is 1. The van der Waals surface area contributed by atoms with E-state index in [4.69, 9.17) is 9.84 Å². The molecule has 14 heavy (non-hydrogen) atoms. The zero-order chi connectivity index (χ0) is 9.97. The molecule has 1 aliphatic rings. The van der Waals surface area contributed by atoms with Crippen molar-refractivity contribution < 1.29 is 14.6 Å². The highest BCUT2D eigenvalue weighted by atomic mass is 16.5. The van der Waals surface area contributed by atoms with Crippen molar-refractivity contribution >= 4 is 12.0 Å². The van der Waals surface area contributed by atoms with Crippen molar-refractivity contribution in [3.8, 4) is 5.75 Å². The maximum atomic E-state index is 10.3. The number of allylic oxidation sites excluding steroid dienone is 1. The maximum absolute atomic E-state index is 10.3. The number of carbonyl (C=O) groups is 1. The zero-order valence-electron chi connectivity index (χ0n) is 7.56. The Balaban J connectivity index is 2.12. The summed E-state index contributed by atoms with van der Waals surface area (Å²) < 4.78 is 5.06. The summed E-state index contributed by atoms with van der Waals surface area (Å²) in [5.74, 6) is -0.348. The first kappa shape index (κ1) is 8.81. The molecule has 0 spiro atoms. The molecule has 0 radical (unpaired) electrons. The topological polar surface area (TPSA) is 46.5 Å². The van der Waals surface area contributed by atoms with Gasteiger partial charge in [-0.25, -0.2) is 4.79 Å². The van der Waals surface area contributed by atoms with Crippen LogP contribution in [0.15, 0.2) is 24.3 Å². The lowest BCUT2D eigenvalue weighted by Gasteiger charge is -2.05. The summed E-state index contributed by atoms with van der Waals surface area (Å²) in [4.78, 5) is 10.3. The second-order valence-corrected chi connectivity index (χ2v) is 3.15. The largest absolute Gasteiger partial charge is 0.482 e. The number of carboxylic acids is 1. The monoisotopic (exact) mass is 190 g/mol. The molecule has 0 aromatic heterocycles. The fraction of sp³-hybridized carbons (Fsp3) is 0.182. The van der Waals surface area contributed by atoms with Crippen LogP contribution in [0.3, 0.4) is 0 Å². The van der Waals surface area contributed by atoms with Crippen molar-refractivity contribution in [2.24, 2.45) is 0 Å². The summed E-state index contributed by atoms with van der Waals surface area (Å²) in [5.41, 5.74) is 2.38. The van der Waals surface area contributed by atoms with Crippen LogP contribution in [0.2, 0.25) is 0 Å². The highest BCUT2D eigenvalue weighted by Gasteiger charge is 2.06. The van der Waals surface area contributed by atoms with Gasteiger partial charge >= 0.3 is 5.97 Å². The third-order valence-corrected chi connectivity index (χ3v) is 2.11. The first-order valence-corrected chi connectivity index (χ1v) is 4.40. The van der Waals surface area contributed by atoms with E-state index in [-0.39, 0.29) is 6.61 Å². The van der Waals surface area contributed by atoms with Gasteiger partial charge in [0.25, 0.3) is 0 Å². The lowest BCUT2D eigenvalue weighted by atomic mass is 10.1. The maximum Gasteiger partial charge on any atom is 0.341 e. The summed E-state index contributed by atoms with van der Waals surface area (Å²) >= 11 is 0. The van der Waals surface area contributed by atoms with Gasteiger partial charge in [-0.2, -0.15) is 0 Å². The average Bonchev–Trinajstić information content (AvgIpc) is 2.61. The lowest BCUT2D eigenvalue weighted by molar-refractivity contribution is -0.139. The van der Waals surface area contributed by atoms with E-state index in [1.165, 1.54) is 5.56 Å². The molecule has 0 saturated heterocycles. The van der Waals surface area contributed by atoms with Gasteiger partial charge in [-0.15, -0.1) is 0 Å². The Kier molecular flexibility index (Phi) is 2.23. The van der Waals surface area contributed by atoms with Crippen LogP contribution < -0.4 is 4.74 Å². The van der Waals surface area contributed by atoms with E-state index in [9.17, 15) is 4.79 Å². The first-order valence-electron chi connectivity index (χ1n) is 4.40. The SMILES string of the molecule is O=C(O)COc1ccc2c(c1)C=CC2. The molecule has 0 heterocycles. The van der Waals surface area contributed by atoms with Gasteiger partial charge in [-0.3, -0.25) is 0 Å². The molecule has 0 amide bonds. The van der Waals surface area contributed by atoms with Crippen LogP contribution in [-0.2, 0) is 11.2 Å². The molecular weight excluding hydrogens is 180 g/mol. The molecule has 0 bridgehead atoms. The summed E-state index contributed by atoms with van der Waals surface area (Å²) in [6.45, 7) is -0.289. The molecule has 3 heteroatoms. The van der Waals surface area contributed by atoms with E-state index >= 15 is 0 Å². The van der Waals surface area contributed by atoms with E-state index in [1.54, 1.807) is 6.07 Å². The number of carboxylic acid groups (broad SMARTS) is 1. The third kappa shape index (κ3) is 1.76. The molecule has 0 unspecified atom stereocenters. The number of hydrogen-bond acceptors (Lipinski definition) is 2. The fourth-order valence-corrected chi connectivity index (χ4v) is 1.46. The van der Waals surface area contributed by atoms with Gasteiger partial charge in [0.15, 0.2) is 6.61 Å². The van der Waals surface area contributed by atoms with Crippen molar-refractivity contribution in [3.63, 3.8) is 0 Å². The van der Waals surface area contributed by atoms with Crippen LogP contribution >= 0.6 is 0 Å². The summed E-state index contributed by atoms with van der Waals surface area (Å²) in [7, 11) is 0. The van der Waals surface area contributed by atoms with Crippen molar-refractivity contribution in [1.29, 1.82) is 0 Å². The van der Waals surface area contributed by atoms with Gasteiger partial charge in [0, 0.05) is 0 Å². The molecule has 0 atom stereocenters. The fourth-order valence-electron chi connectivity index (χ4n) is 1.46. The Labute approximate surface area is 81.6 Å². The Bertz CT molecular complexity index is 394. The molecule has 0 fully saturated rings. The predicted molar refractivity (Wildman–Crippen MR) is 52.3 cm³/mol. The minimum Gasteiger partial charge on any atom is -0.482 e. The zero-order valence-corrected chi connectivity index (χ0v) is 7.56. The van der Waals surface area contributed by atoms with E-state index in [0.29, 0.717) is 5.75 Å². The lowest BCUT2D eigenvalue weighted by Crippen LogP contribution is -2.09. The van der Waals surface area contributed by atoms with Crippen LogP contribution in [0.1, 0.15) is 11.1 Å². The minimum absolute atomic E-state index is 0.289. The summed E-state index contributed by atoms with van der Waals surface area (Å²) in [6.07, 6.45) is 5.04. The summed E-state index contributed by atoms with van der Waals surface area (Å²) in [5, 5.41) is 8.43. The van der Waals surface area contributed by atoms with Gasteiger partial charge in [-0.1, -0.05) is 18.2 Å². The van der Waals surface area contributed by atoms with Crippen molar-refractivity contribution in [2.75, 3.05) is 6.61 Å². The van der Waals surface area contributed by atoms with Gasteiger partial charge in [0.05, 0.1) is 0 Å². The smallest absolute Gasteiger partial charge is 0.341 e. The van der Waals surface area contributed by atoms with Crippen LogP contribution in [0.4, 0.5) is 0 Å².